The van der Waals surface area contributed by atoms with Crippen LogP contribution in [0.25, 0.3) is 11.6 Å². The van der Waals surface area contributed by atoms with Crippen molar-refractivity contribution in [1.82, 2.24) is 4.98 Å². The lowest BCUT2D eigenvalue weighted by atomic mass is 9.58. The van der Waals surface area contributed by atoms with E-state index < -0.39 is 72.0 Å². The highest BCUT2D eigenvalue weighted by Crippen LogP contribution is 2.52. The molecule has 2 aliphatic heterocycles. The molecule has 1 aromatic heterocycles. The van der Waals surface area contributed by atoms with Gasteiger partial charge in [0, 0.05) is 23.3 Å². The zero-order chi connectivity index (χ0) is 36.8. The first-order chi connectivity index (χ1) is 24.1. The number of rotatable bonds is 8. The quantitative estimate of drug-likeness (QED) is 0.105. The third-order valence-corrected chi connectivity index (χ3v) is 9.94. The van der Waals surface area contributed by atoms with Crippen molar-refractivity contribution in [2.24, 2.45) is 17.8 Å². The number of pyridine rings is 1. The first-order valence-corrected chi connectivity index (χ1v) is 16.7. The molecule has 2 fully saturated rings. The van der Waals surface area contributed by atoms with Gasteiger partial charge in [0.15, 0.2) is 0 Å². The van der Waals surface area contributed by atoms with Crippen LogP contribution in [-0.2, 0) is 31.3 Å². The summed E-state index contributed by atoms with van der Waals surface area (Å²) in [4.78, 5) is 32.7. The summed E-state index contributed by atoms with van der Waals surface area (Å²) in [5, 5.41) is 21.5. The van der Waals surface area contributed by atoms with Crippen molar-refractivity contribution in [3.63, 3.8) is 0 Å². The standard InChI is InChI=1S/C35H30BBrF6N2O6/c1-50-17-20-12-25-31(33(48)45(32(25)47)24-14-21(34(38,39)40)13-22(15-24)35(41,42)43)26-16-36(49)51-29(30(20)26)8-5-18(27-4-2-3-9-44-27)10-19-11-23(37)6-7-28(19)46/h2-4,6-7,9-11,13-15,25-26,29,31,46,49H,5,8,12,16-17H2,1H3/b18-10-/t25-,26+,29-,31-/m1/s1. The van der Waals surface area contributed by atoms with Crippen LogP contribution >= 0.6 is 15.9 Å². The minimum absolute atomic E-state index is 0.00309. The van der Waals surface area contributed by atoms with E-state index in [2.05, 4.69) is 20.9 Å². The highest BCUT2D eigenvalue weighted by atomic mass is 79.9. The summed E-state index contributed by atoms with van der Waals surface area (Å²) >= 11 is 3.41. The normalized spacial score (nSPS) is 22.8. The van der Waals surface area contributed by atoms with Crippen LogP contribution in [-0.4, -0.2) is 53.9 Å². The lowest BCUT2D eigenvalue weighted by Gasteiger charge is -2.43. The molecule has 2 amide bonds. The van der Waals surface area contributed by atoms with Crippen molar-refractivity contribution in [1.29, 1.82) is 0 Å². The van der Waals surface area contributed by atoms with E-state index in [1.807, 2.05) is 0 Å². The summed E-state index contributed by atoms with van der Waals surface area (Å²) < 4.78 is 94.5. The maximum Gasteiger partial charge on any atom is 0.455 e. The number of allylic oxidation sites excluding steroid dienone is 1. The fourth-order valence-electron chi connectivity index (χ4n) is 7.33. The summed E-state index contributed by atoms with van der Waals surface area (Å²) in [6.45, 7) is 0.00309. The smallest absolute Gasteiger partial charge is 0.455 e. The molecule has 1 aliphatic carbocycles. The van der Waals surface area contributed by atoms with Gasteiger partial charge in [-0.25, -0.2) is 4.90 Å². The molecule has 2 N–H and O–H groups in total. The van der Waals surface area contributed by atoms with Crippen LogP contribution in [0.3, 0.4) is 0 Å². The monoisotopic (exact) mass is 778 g/mol. The Morgan fingerprint density at radius 1 is 1.04 bits per heavy atom. The number of phenols is 1. The predicted molar refractivity (Wildman–Crippen MR) is 178 cm³/mol. The second kappa shape index (κ2) is 14.2. The van der Waals surface area contributed by atoms with Gasteiger partial charge in [-0.1, -0.05) is 22.0 Å². The van der Waals surface area contributed by atoms with Crippen molar-refractivity contribution in [3.05, 3.63) is 98.8 Å². The number of methoxy groups -OCH3 is 1. The van der Waals surface area contributed by atoms with Gasteiger partial charge in [0.25, 0.3) is 0 Å². The third kappa shape index (κ3) is 7.50. The van der Waals surface area contributed by atoms with Crippen LogP contribution in [0.15, 0.2) is 76.4 Å². The Labute approximate surface area is 297 Å². The molecule has 0 spiro atoms. The van der Waals surface area contributed by atoms with Gasteiger partial charge in [-0.2, -0.15) is 26.3 Å². The Balaban J connectivity index is 1.36. The molecule has 0 saturated carbocycles. The minimum Gasteiger partial charge on any atom is -0.507 e. The topological polar surface area (TPSA) is 109 Å². The van der Waals surface area contributed by atoms with Gasteiger partial charge in [-0.05, 0) is 103 Å². The third-order valence-electron chi connectivity index (χ3n) is 9.45. The summed E-state index contributed by atoms with van der Waals surface area (Å²) in [6, 6.07) is 10.9. The van der Waals surface area contributed by atoms with Crippen LogP contribution in [0.1, 0.15) is 41.6 Å². The number of alkyl halides is 6. The van der Waals surface area contributed by atoms with E-state index in [9.17, 15) is 46.1 Å². The Hall–Kier alpha value is -3.99. The Morgan fingerprint density at radius 2 is 1.75 bits per heavy atom. The molecule has 0 radical (unpaired) electrons. The molecular weight excluding hydrogens is 749 g/mol. The predicted octanol–water partition coefficient (Wildman–Crippen LogP) is 7.56. The van der Waals surface area contributed by atoms with E-state index in [0.29, 0.717) is 51.4 Å². The molecule has 16 heteroatoms. The molecule has 0 unspecified atom stereocenters. The number of aromatic nitrogens is 1. The molecule has 4 atom stereocenters. The fraction of sp³-hybridized carbons (Fsp3) is 0.343. The highest BCUT2D eigenvalue weighted by Gasteiger charge is 2.58. The van der Waals surface area contributed by atoms with Crippen LogP contribution in [0.4, 0.5) is 32.0 Å². The van der Waals surface area contributed by atoms with E-state index in [4.69, 9.17) is 9.39 Å². The molecule has 3 aromatic rings. The van der Waals surface area contributed by atoms with Gasteiger partial charge in [0.05, 0.1) is 47.1 Å². The Morgan fingerprint density at radius 3 is 2.37 bits per heavy atom. The summed E-state index contributed by atoms with van der Waals surface area (Å²) in [6.07, 6.45) is -7.47. The lowest BCUT2D eigenvalue weighted by Crippen LogP contribution is -2.46. The molecule has 0 bridgehead atoms. The molecular formula is C35H30BBrF6N2O6. The number of hydrogen-bond donors (Lipinski definition) is 2. The van der Waals surface area contributed by atoms with Gasteiger partial charge in [0.1, 0.15) is 5.75 Å². The number of benzene rings is 2. The largest absolute Gasteiger partial charge is 0.507 e. The van der Waals surface area contributed by atoms with Crippen molar-refractivity contribution in [3.8, 4) is 5.75 Å². The highest BCUT2D eigenvalue weighted by molar-refractivity contribution is 9.10. The van der Waals surface area contributed by atoms with E-state index in [1.54, 1.807) is 42.6 Å². The molecule has 51 heavy (non-hydrogen) atoms. The Bertz CT molecular complexity index is 1870. The molecule has 3 aliphatic rings. The first-order valence-electron chi connectivity index (χ1n) is 15.9. The summed E-state index contributed by atoms with van der Waals surface area (Å²) in [5.41, 5.74) is -1.14. The van der Waals surface area contributed by atoms with Crippen LogP contribution < -0.4 is 4.90 Å². The fourth-order valence-corrected chi connectivity index (χ4v) is 7.71. The number of ether oxygens (including phenoxy) is 1. The van der Waals surface area contributed by atoms with Crippen molar-refractivity contribution in [2.75, 3.05) is 18.6 Å². The molecule has 2 saturated heterocycles. The SMILES string of the molecule is COCC1=C2[C@@H](CC/C(=C/c3cc(Br)ccc3O)c3ccccn3)OB(O)C[C@@H]2[C@@H]2C(=O)N(c3cc(C(F)(F)F)cc(C(F)(F)F)c3)C(=O)[C@@H]2C1. The summed E-state index contributed by atoms with van der Waals surface area (Å²) in [7, 11) is 0.0223. The molecule has 8 nitrogen and oxygen atoms in total. The number of imide groups is 1. The van der Waals surface area contributed by atoms with E-state index in [1.165, 1.54) is 13.2 Å². The number of fused-ring (bicyclic) bond motifs is 3. The number of nitrogens with zero attached hydrogens (tertiary/aromatic N) is 2. The number of hydrogen-bond acceptors (Lipinski definition) is 7. The zero-order valence-electron chi connectivity index (χ0n) is 26.8. The number of carbonyl (C=O) groups excluding carboxylic acids is 2. The van der Waals surface area contributed by atoms with Crippen molar-refractivity contribution in [2.45, 2.75) is 44.0 Å². The second-order valence-corrected chi connectivity index (χ2v) is 13.6. The molecule has 2 aromatic carbocycles. The van der Waals surface area contributed by atoms with Crippen molar-refractivity contribution < 1.29 is 55.5 Å². The number of amides is 2. The van der Waals surface area contributed by atoms with Gasteiger partial charge < -0.3 is 19.5 Å². The van der Waals surface area contributed by atoms with Crippen LogP contribution in [0.2, 0.25) is 6.32 Å². The molecule has 6 rings (SSSR count). The second-order valence-electron chi connectivity index (χ2n) is 12.7. The van der Waals surface area contributed by atoms with E-state index >= 15 is 0 Å². The maximum atomic E-state index is 14.0. The number of halogens is 7. The zero-order valence-corrected chi connectivity index (χ0v) is 28.4. The lowest BCUT2D eigenvalue weighted by molar-refractivity contribution is -0.143. The number of anilines is 1. The average Bonchev–Trinajstić information content (AvgIpc) is 3.32. The van der Waals surface area contributed by atoms with Gasteiger partial charge in [-0.15, -0.1) is 0 Å². The molecule has 268 valence electrons. The number of aromatic hydroxyl groups is 1. The minimum atomic E-state index is -5.19. The van der Waals surface area contributed by atoms with Gasteiger partial charge >= 0.3 is 19.5 Å². The van der Waals surface area contributed by atoms with Crippen molar-refractivity contribution >= 4 is 52.2 Å². The van der Waals surface area contributed by atoms with E-state index in [0.717, 1.165) is 4.47 Å². The molecule has 3 heterocycles. The van der Waals surface area contributed by atoms with Crippen LogP contribution in [0.5, 0.6) is 5.75 Å². The number of carbonyl (C=O) groups is 2. The van der Waals surface area contributed by atoms with E-state index in [-0.39, 0.29) is 37.6 Å². The average molecular weight is 779 g/mol. The maximum absolute atomic E-state index is 14.0. The number of phenolic OH excluding ortho intramolecular Hbond substituents is 1. The van der Waals surface area contributed by atoms with Crippen LogP contribution in [0, 0.1) is 17.8 Å². The first kappa shape index (κ1) is 36.8. The van der Waals surface area contributed by atoms with Gasteiger partial charge in [-0.3, -0.25) is 14.6 Å². The van der Waals surface area contributed by atoms with Gasteiger partial charge in [0.2, 0.25) is 11.8 Å². The summed E-state index contributed by atoms with van der Waals surface area (Å²) in [5.74, 6) is -4.98. The Kier molecular flexibility index (Phi) is 10.2.